The van der Waals surface area contributed by atoms with Gasteiger partial charge in [0.15, 0.2) is 15.9 Å². The van der Waals surface area contributed by atoms with Gasteiger partial charge >= 0.3 is 0 Å². The molecular formula is C34H31N3O5S2. The van der Waals surface area contributed by atoms with Gasteiger partial charge in [-0.3, -0.25) is 14.5 Å². The molecule has 3 aromatic carbocycles. The fourth-order valence-corrected chi connectivity index (χ4v) is 7.14. The molecule has 0 spiro atoms. The molecule has 0 radical (unpaired) electrons. The first-order chi connectivity index (χ1) is 21.4. The molecule has 3 heterocycles. The number of ether oxygens (including phenoxy) is 1. The third-order valence-corrected chi connectivity index (χ3v) is 9.55. The number of ketones is 1. The lowest BCUT2D eigenvalue weighted by Gasteiger charge is -2.24. The molecule has 6 rings (SSSR count). The van der Waals surface area contributed by atoms with Crippen molar-refractivity contribution in [3.05, 3.63) is 113 Å². The SMILES string of the molecule is CCCCCOc1cccc(C2C(C(=O)c3ccc(C)o3)=C(O)C(=O)N2c2nnc(SCc3cccc4ccccc34)s2)c1. The van der Waals surface area contributed by atoms with Gasteiger partial charge in [0.25, 0.3) is 5.91 Å². The van der Waals surface area contributed by atoms with Crippen LogP contribution < -0.4 is 9.64 Å². The molecule has 0 aliphatic carbocycles. The van der Waals surface area contributed by atoms with Crippen LogP contribution in [-0.2, 0) is 10.5 Å². The summed E-state index contributed by atoms with van der Waals surface area (Å²) in [7, 11) is 0. The molecule has 8 nitrogen and oxygen atoms in total. The van der Waals surface area contributed by atoms with Crippen LogP contribution in [0.5, 0.6) is 5.75 Å². The van der Waals surface area contributed by atoms with Crippen molar-refractivity contribution in [2.75, 3.05) is 11.5 Å². The van der Waals surface area contributed by atoms with Crippen molar-refractivity contribution in [3.8, 4) is 5.75 Å². The third kappa shape index (κ3) is 6.00. The summed E-state index contributed by atoms with van der Waals surface area (Å²) < 4.78 is 12.2. The average Bonchev–Trinajstić information content (AvgIpc) is 3.76. The van der Waals surface area contributed by atoms with Crippen molar-refractivity contribution < 1.29 is 23.8 Å². The third-order valence-electron chi connectivity index (χ3n) is 7.44. The van der Waals surface area contributed by atoms with Crippen molar-refractivity contribution in [3.63, 3.8) is 0 Å². The van der Waals surface area contributed by atoms with E-state index in [0.717, 1.165) is 30.2 Å². The number of carbonyl (C=O) groups is 2. The number of Topliss-reactive ketones (excluding diaryl/α,β-unsaturated/α-hetero) is 1. The standard InChI is InChI=1S/C34H31N3O5S2/c1-3-4-7-18-41-25-14-9-12-23(19-25)29-28(30(38)27-17-16-21(2)42-27)31(39)32(40)37(29)33-35-36-34(44-33)43-20-24-13-8-11-22-10-5-6-15-26(22)24/h5-6,8-17,19,29,39H,3-4,7,18,20H2,1-2H3. The Labute approximate surface area is 263 Å². The highest BCUT2D eigenvalue weighted by molar-refractivity contribution is 8.00. The van der Waals surface area contributed by atoms with Gasteiger partial charge in [-0.1, -0.05) is 97.5 Å². The second kappa shape index (κ2) is 13.1. The highest BCUT2D eigenvalue weighted by Gasteiger charge is 2.46. The molecule has 1 N–H and O–H groups in total. The number of aliphatic hydroxyl groups is 1. The molecule has 44 heavy (non-hydrogen) atoms. The lowest BCUT2D eigenvalue weighted by Crippen LogP contribution is -2.31. The van der Waals surface area contributed by atoms with Gasteiger partial charge in [0.05, 0.1) is 18.2 Å². The van der Waals surface area contributed by atoms with E-state index in [1.54, 1.807) is 31.2 Å². The molecule has 0 fully saturated rings. The number of aromatic nitrogens is 2. The van der Waals surface area contributed by atoms with E-state index < -0.39 is 23.5 Å². The Hall–Kier alpha value is -4.41. The number of hydrogen-bond donors (Lipinski definition) is 1. The van der Waals surface area contributed by atoms with E-state index >= 15 is 0 Å². The zero-order valence-electron chi connectivity index (χ0n) is 24.4. The molecule has 1 unspecified atom stereocenters. The highest BCUT2D eigenvalue weighted by atomic mass is 32.2. The molecule has 224 valence electrons. The largest absolute Gasteiger partial charge is 0.503 e. The number of aliphatic hydroxyl groups excluding tert-OH is 1. The molecule has 2 aromatic heterocycles. The zero-order valence-corrected chi connectivity index (χ0v) is 26.0. The summed E-state index contributed by atoms with van der Waals surface area (Å²) in [6.45, 7) is 4.41. The maximum absolute atomic E-state index is 13.7. The first-order valence-electron chi connectivity index (χ1n) is 14.5. The lowest BCUT2D eigenvalue weighted by atomic mass is 9.95. The van der Waals surface area contributed by atoms with Crippen LogP contribution in [0.3, 0.4) is 0 Å². The van der Waals surface area contributed by atoms with Gasteiger partial charge in [-0.2, -0.15) is 0 Å². The van der Waals surface area contributed by atoms with Gasteiger partial charge < -0.3 is 14.3 Å². The fraction of sp³-hybridized carbons (Fsp3) is 0.235. The molecule has 1 aliphatic rings. The Morgan fingerprint density at radius 2 is 1.86 bits per heavy atom. The van der Waals surface area contributed by atoms with E-state index in [4.69, 9.17) is 9.15 Å². The van der Waals surface area contributed by atoms with E-state index in [9.17, 15) is 14.7 Å². The van der Waals surface area contributed by atoms with E-state index in [1.807, 2.05) is 30.3 Å². The minimum atomic E-state index is -0.955. The first-order valence-corrected chi connectivity index (χ1v) is 16.3. The second-order valence-electron chi connectivity index (χ2n) is 10.5. The van der Waals surface area contributed by atoms with Crippen LogP contribution in [0, 0.1) is 6.92 Å². The summed E-state index contributed by atoms with van der Waals surface area (Å²) >= 11 is 2.76. The number of anilines is 1. The van der Waals surface area contributed by atoms with Crippen molar-refractivity contribution in [1.29, 1.82) is 0 Å². The van der Waals surface area contributed by atoms with Gasteiger partial charge in [0, 0.05) is 5.75 Å². The highest BCUT2D eigenvalue weighted by Crippen LogP contribution is 2.44. The number of thioether (sulfide) groups is 1. The maximum Gasteiger partial charge on any atom is 0.296 e. The van der Waals surface area contributed by atoms with E-state index in [-0.39, 0.29) is 16.5 Å². The number of furan rings is 1. The number of nitrogens with zero attached hydrogens (tertiary/aromatic N) is 3. The normalized spacial score (nSPS) is 15.0. The minimum absolute atomic E-state index is 0.0410. The maximum atomic E-state index is 13.7. The Balaban J connectivity index is 1.32. The van der Waals surface area contributed by atoms with Gasteiger partial charge in [-0.15, -0.1) is 10.2 Å². The van der Waals surface area contributed by atoms with Gasteiger partial charge in [0.1, 0.15) is 11.5 Å². The topological polar surface area (TPSA) is 106 Å². The summed E-state index contributed by atoms with van der Waals surface area (Å²) in [6.07, 6.45) is 3.05. The molecular weight excluding hydrogens is 595 g/mol. The molecule has 1 amide bonds. The van der Waals surface area contributed by atoms with Crippen molar-refractivity contribution >= 4 is 50.7 Å². The van der Waals surface area contributed by atoms with Crippen LogP contribution in [0.1, 0.15) is 59.7 Å². The predicted octanol–water partition coefficient (Wildman–Crippen LogP) is 8.24. The van der Waals surface area contributed by atoms with E-state index in [2.05, 4.69) is 41.4 Å². The molecule has 0 saturated carbocycles. The first kappa shape index (κ1) is 29.7. The summed E-state index contributed by atoms with van der Waals surface area (Å²) in [4.78, 5) is 28.7. The minimum Gasteiger partial charge on any atom is -0.503 e. The number of unbranched alkanes of at least 4 members (excludes halogenated alkanes) is 2. The number of benzene rings is 3. The second-order valence-corrected chi connectivity index (χ2v) is 12.7. The molecule has 1 atom stereocenters. The van der Waals surface area contributed by atoms with Gasteiger partial charge in [-0.05, 0) is 59.5 Å². The number of aryl methyl sites for hydroxylation is 1. The van der Waals surface area contributed by atoms with Crippen LogP contribution in [0.25, 0.3) is 10.8 Å². The molecule has 0 saturated heterocycles. The molecule has 1 aliphatic heterocycles. The van der Waals surface area contributed by atoms with Crippen LogP contribution >= 0.6 is 23.1 Å². The number of amides is 1. The van der Waals surface area contributed by atoms with Crippen molar-refractivity contribution in [1.82, 2.24) is 10.2 Å². The Morgan fingerprint density at radius 1 is 1.05 bits per heavy atom. The fourth-order valence-electron chi connectivity index (χ4n) is 5.27. The molecule has 5 aromatic rings. The Bertz CT molecular complexity index is 1860. The molecule has 0 bridgehead atoms. The van der Waals surface area contributed by atoms with Gasteiger partial charge in [-0.25, -0.2) is 0 Å². The number of fused-ring (bicyclic) bond motifs is 1. The number of hydrogen-bond acceptors (Lipinski definition) is 9. The lowest BCUT2D eigenvalue weighted by molar-refractivity contribution is -0.117. The number of carbonyl (C=O) groups excluding carboxylic acids is 2. The van der Waals surface area contributed by atoms with Crippen LogP contribution in [-0.4, -0.2) is 33.6 Å². The Kier molecular flexibility index (Phi) is 8.81. The predicted molar refractivity (Wildman–Crippen MR) is 173 cm³/mol. The quantitative estimate of drug-likeness (QED) is 0.0640. The van der Waals surface area contributed by atoms with Crippen molar-refractivity contribution in [2.24, 2.45) is 0 Å². The van der Waals surface area contributed by atoms with E-state index in [0.29, 0.717) is 33.8 Å². The Morgan fingerprint density at radius 3 is 2.68 bits per heavy atom. The number of rotatable bonds is 12. The zero-order chi connectivity index (χ0) is 30.6. The summed E-state index contributed by atoms with van der Waals surface area (Å²) in [5.41, 5.74) is 1.69. The summed E-state index contributed by atoms with van der Waals surface area (Å²) in [6, 6.07) is 23.9. The molecule has 10 heteroatoms. The summed E-state index contributed by atoms with van der Waals surface area (Å²) in [5.74, 6) is -0.0657. The smallest absolute Gasteiger partial charge is 0.296 e. The van der Waals surface area contributed by atoms with E-state index in [1.165, 1.54) is 33.4 Å². The van der Waals surface area contributed by atoms with Crippen LogP contribution in [0.15, 0.2) is 99.0 Å². The van der Waals surface area contributed by atoms with Gasteiger partial charge in [0.2, 0.25) is 10.9 Å². The van der Waals surface area contributed by atoms with Crippen LogP contribution in [0.2, 0.25) is 0 Å². The van der Waals surface area contributed by atoms with Crippen molar-refractivity contribution in [2.45, 2.75) is 49.2 Å². The summed E-state index contributed by atoms with van der Waals surface area (Å²) in [5, 5.41) is 22.5. The monoisotopic (exact) mass is 625 g/mol. The van der Waals surface area contributed by atoms with Crippen LogP contribution in [0.4, 0.5) is 5.13 Å². The average molecular weight is 626 g/mol.